The third-order valence-corrected chi connectivity index (χ3v) is 13.9. The second kappa shape index (κ2) is 34.9. The number of aryl methyl sites for hydroxylation is 16. The van der Waals surface area contributed by atoms with E-state index in [2.05, 4.69) is 89.0 Å². The van der Waals surface area contributed by atoms with Gasteiger partial charge in [-0.2, -0.15) is 68.7 Å². The first-order chi connectivity index (χ1) is 40.0. The van der Waals surface area contributed by atoms with E-state index in [1.165, 1.54) is 91.4 Å². The van der Waals surface area contributed by atoms with E-state index in [9.17, 15) is 48.3 Å². The minimum absolute atomic E-state index is 0.153. The lowest BCUT2D eigenvalue weighted by Crippen LogP contribution is -2.13. The molecule has 29 heteroatoms. The average molecular weight is 1290 g/mol. The topological polar surface area (TPSA) is 162 Å². The molecule has 0 bridgehead atoms. The Morgan fingerprint density at radius 3 is 1.28 bits per heavy atom. The maximum atomic E-state index is 12.4. The average Bonchev–Trinajstić information content (AvgIpc) is 1.96. The molecule has 0 aliphatic rings. The van der Waals surface area contributed by atoms with Crippen molar-refractivity contribution in [2.75, 3.05) is 0 Å². The van der Waals surface area contributed by atoms with Crippen LogP contribution in [0.25, 0.3) is 0 Å². The molecule has 0 fully saturated rings. The molecular weight excluding hydrogens is 1220 g/mol. The number of hydrogen-bond acceptors (Lipinski definition) is 12. The van der Waals surface area contributed by atoms with Gasteiger partial charge in [-0.1, -0.05) is 11.6 Å². The van der Waals surface area contributed by atoms with Crippen molar-refractivity contribution in [2.24, 2.45) is 21.1 Å². The Bertz CT molecular complexity index is 3300. The van der Waals surface area contributed by atoms with E-state index in [4.69, 9.17) is 23.2 Å². The maximum absolute atomic E-state index is 12.4. The standard InChI is InChI=1S/2C7H9F3N2.C7H6F3N.C7H12N2.C6H5ClF2N2.C6H6ClN.C6H10N2.C6H8N2.C6H9NS/c1-4-5(2)12(3)11-6(4)7(8,9)10;1-4-5(2)11-12(3)6(4)7(8,9)10;1-5-4-11-3-2-6(5)7(8,9)10;1-4-9-7(3)6(2)5-8-9;1-4-2-10-3-11-5(4)6(7,8)9;1-5-4-8-3-2-6(5)7;1-5-4-6(2)8(3)7-5;1-5-3-7-4-8-6(5)2;1-4-5(2)8-6(3)7-4/h2*1-3H3;2-4H,1H3;5H,4H2,1-3H3;2-3H,1H3;2-4H,1H3;4H,1-3H3;3-4H,1-2H3;1-3H3. The molecule has 9 rings (SSSR count). The molecule has 0 saturated heterocycles. The summed E-state index contributed by atoms with van der Waals surface area (Å²) in [5.74, 6) is 0. The molecule has 87 heavy (non-hydrogen) atoms. The zero-order valence-electron chi connectivity index (χ0n) is 52.2. The Hall–Kier alpha value is -7.26. The van der Waals surface area contributed by atoms with Crippen molar-refractivity contribution in [3.63, 3.8) is 0 Å². The molecule has 0 spiro atoms. The Labute approximate surface area is 514 Å². The molecule has 0 atom stereocenters. The van der Waals surface area contributed by atoms with Crippen LogP contribution in [0.2, 0.25) is 5.02 Å². The Balaban J connectivity index is 0.000000492. The summed E-state index contributed by atoms with van der Waals surface area (Å²) in [4.78, 5) is 27.7. The first-order valence-electron chi connectivity index (χ1n) is 26.1. The molecule has 0 aliphatic carbocycles. The summed E-state index contributed by atoms with van der Waals surface area (Å²) in [6, 6.07) is 4.80. The summed E-state index contributed by atoms with van der Waals surface area (Å²) in [6.07, 6.45) is 0.445. The van der Waals surface area contributed by atoms with Gasteiger partial charge in [-0.25, -0.2) is 24.9 Å². The van der Waals surface area contributed by atoms with Gasteiger partial charge in [-0.05, 0) is 175 Å². The van der Waals surface area contributed by atoms with Crippen LogP contribution < -0.4 is 0 Å². The highest BCUT2D eigenvalue weighted by atomic mass is 35.5. The minimum atomic E-state index is -4.34. The van der Waals surface area contributed by atoms with Gasteiger partial charge in [0.2, 0.25) is 0 Å². The molecule has 0 aromatic carbocycles. The summed E-state index contributed by atoms with van der Waals surface area (Å²) >= 11 is 12.2. The Kier molecular flexibility index (Phi) is 31.2. The SMILES string of the molecule is CCn1ncc(C)c1C.Cc1c(C(F)(F)F)nn(C)c1C.Cc1cc(C)n(C)n1.Cc1cnccc1C(F)(F)F.Cc1cnccc1Cl.Cc1cncnc1C.Cc1cncnc1C(F)(F)Cl.Cc1nc(C)c(C)s1.Cc1nn(C)c(C(F)(F)F)c1C. The lowest BCUT2D eigenvalue weighted by Gasteiger charge is -2.07. The van der Waals surface area contributed by atoms with Crippen LogP contribution >= 0.6 is 34.5 Å². The fraction of sp³-hybridized carbons (Fsp3) is 0.431. The number of nitrogens with zero attached hydrogens (tertiary/aromatic N) is 15. The number of pyridine rings is 2. The summed E-state index contributed by atoms with van der Waals surface area (Å²) in [5, 5.41) is 13.9. The number of rotatable bonds is 2. The normalized spacial score (nSPS) is 10.9. The fourth-order valence-electron chi connectivity index (χ4n) is 6.78. The summed E-state index contributed by atoms with van der Waals surface area (Å²) in [6.45, 7) is 32.2. The maximum Gasteiger partial charge on any atom is 0.435 e. The molecule has 0 saturated carbocycles. The summed E-state index contributed by atoms with van der Waals surface area (Å²) in [7, 11) is 4.74. The van der Waals surface area contributed by atoms with Gasteiger partial charge in [0.25, 0.3) is 0 Å². The van der Waals surface area contributed by atoms with E-state index in [1.807, 2.05) is 77.3 Å². The largest absolute Gasteiger partial charge is 0.435 e. The molecule has 0 aliphatic heterocycles. The van der Waals surface area contributed by atoms with Crippen molar-refractivity contribution in [1.29, 1.82) is 0 Å². The van der Waals surface area contributed by atoms with Crippen molar-refractivity contribution >= 4 is 34.5 Å². The second-order valence-electron chi connectivity index (χ2n) is 19.2. The van der Waals surface area contributed by atoms with E-state index in [-0.39, 0.29) is 22.3 Å². The van der Waals surface area contributed by atoms with Crippen molar-refractivity contribution in [3.05, 3.63) is 191 Å². The number of hydrogen-bond donors (Lipinski definition) is 0. The fourth-order valence-corrected chi connectivity index (χ4v) is 7.90. The molecule has 0 unspecified atom stereocenters. The summed E-state index contributed by atoms with van der Waals surface area (Å²) < 4.78 is 140. The van der Waals surface area contributed by atoms with Crippen molar-refractivity contribution < 1.29 is 48.3 Å². The molecule has 9 heterocycles. The van der Waals surface area contributed by atoms with Gasteiger partial charge in [-0.15, -0.1) is 11.3 Å². The van der Waals surface area contributed by atoms with Crippen LogP contribution in [0.4, 0.5) is 48.3 Å². The summed E-state index contributed by atoms with van der Waals surface area (Å²) in [5.41, 5.74) is 8.54. The predicted molar refractivity (Wildman–Crippen MR) is 318 cm³/mol. The smallest absolute Gasteiger partial charge is 0.273 e. The highest BCUT2D eigenvalue weighted by Gasteiger charge is 2.38. The van der Waals surface area contributed by atoms with Crippen molar-refractivity contribution in [2.45, 2.75) is 148 Å². The highest BCUT2D eigenvalue weighted by Crippen LogP contribution is 2.34. The van der Waals surface area contributed by atoms with Gasteiger partial charge in [0.05, 0.1) is 33.8 Å². The molecule has 15 nitrogen and oxygen atoms in total. The molecule has 478 valence electrons. The molecule has 0 N–H and O–H groups in total. The molecule has 9 aromatic heterocycles. The lowest BCUT2D eigenvalue weighted by atomic mass is 10.1. The van der Waals surface area contributed by atoms with Crippen molar-refractivity contribution in [1.82, 2.24) is 74.0 Å². The van der Waals surface area contributed by atoms with E-state index in [0.29, 0.717) is 11.4 Å². The molecule has 0 radical (unpaired) electrons. The first-order valence-corrected chi connectivity index (χ1v) is 27.7. The monoisotopic (exact) mass is 1290 g/mol. The van der Waals surface area contributed by atoms with Crippen LogP contribution in [0, 0.1) is 111 Å². The quantitative estimate of drug-likeness (QED) is 0.120. The zero-order valence-corrected chi connectivity index (χ0v) is 54.5. The van der Waals surface area contributed by atoms with Crippen LogP contribution in [0.15, 0.2) is 74.2 Å². The number of thiazole rings is 1. The predicted octanol–water partition coefficient (Wildman–Crippen LogP) is 16.4. The number of aromatic nitrogens is 15. The van der Waals surface area contributed by atoms with Crippen LogP contribution in [0.1, 0.15) is 118 Å². The molecule has 9 aromatic rings. The van der Waals surface area contributed by atoms with E-state index < -0.39 is 46.6 Å². The van der Waals surface area contributed by atoms with Crippen LogP contribution in [-0.4, -0.2) is 74.0 Å². The molecular formula is C58H74Cl2F11N15S. The van der Waals surface area contributed by atoms with Gasteiger partial charge in [0, 0.05) is 109 Å². The van der Waals surface area contributed by atoms with Gasteiger partial charge >= 0.3 is 23.9 Å². The Morgan fingerprint density at radius 2 is 1.05 bits per heavy atom. The van der Waals surface area contributed by atoms with Gasteiger partial charge in [-0.3, -0.25) is 28.7 Å². The van der Waals surface area contributed by atoms with Crippen LogP contribution in [-0.2, 0) is 51.6 Å². The number of alkyl halides is 12. The van der Waals surface area contributed by atoms with Gasteiger partial charge in [0.15, 0.2) is 5.69 Å². The van der Waals surface area contributed by atoms with Crippen LogP contribution in [0.5, 0.6) is 0 Å². The van der Waals surface area contributed by atoms with Crippen LogP contribution in [0.3, 0.4) is 0 Å². The zero-order chi connectivity index (χ0) is 67.1. The van der Waals surface area contributed by atoms with Gasteiger partial charge < -0.3 is 0 Å². The number of halogens is 13. The lowest BCUT2D eigenvalue weighted by molar-refractivity contribution is -0.144. The minimum Gasteiger partial charge on any atom is -0.273 e. The van der Waals surface area contributed by atoms with Gasteiger partial charge in [0.1, 0.15) is 24.0 Å². The first kappa shape index (κ1) is 77.8. The van der Waals surface area contributed by atoms with E-state index in [0.717, 1.165) is 57.4 Å². The third kappa shape index (κ3) is 26.7. The second-order valence-corrected chi connectivity index (χ2v) is 21.5. The third-order valence-electron chi connectivity index (χ3n) is 12.3. The van der Waals surface area contributed by atoms with Crippen molar-refractivity contribution in [3.8, 4) is 0 Å². The van der Waals surface area contributed by atoms with E-state index >= 15 is 0 Å². The highest BCUT2D eigenvalue weighted by molar-refractivity contribution is 7.11. The Morgan fingerprint density at radius 1 is 0.506 bits per heavy atom. The van der Waals surface area contributed by atoms with E-state index in [1.54, 1.807) is 50.0 Å². The molecule has 0 amide bonds.